The molecule has 11 heteroatoms. The molecule has 1 amide bonds. The van der Waals surface area contributed by atoms with Crippen molar-refractivity contribution >= 4 is 30.2 Å². The minimum Gasteiger partial charge on any atom is -0.427 e. The number of hydroxylamine groups is 2. The second-order valence-electron chi connectivity index (χ2n) is 9.15. The Morgan fingerprint density at radius 2 is 1.84 bits per heavy atom. The first-order chi connectivity index (χ1) is 15.1. The molecule has 2 atom stereocenters. The summed E-state index contributed by atoms with van der Waals surface area (Å²) in [5, 5.41) is 0.746. The van der Waals surface area contributed by atoms with Crippen LogP contribution in [0.4, 0.5) is 0 Å². The molecule has 3 fully saturated rings. The van der Waals surface area contributed by atoms with E-state index in [9.17, 15) is 19.2 Å². The fourth-order valence-electron chi connectivity index (χ4n) is 3.59. The van der Waals surface area contributed by atoms with Crippen LogP contribution in [0.2, 0.25) is 0 Å². The normalized spacial score (nSPS) is 26.9. The molecule has 0 radical (unpaired) electrons. The van der Waals surface area contributed by atoms with Crippen LogP contribution in [0.1, 0.15) is 59.3 Å². The Labute approximate surface area is 186 Å². The van der Waals surface area contributed by atoms with Crippen LogP contribution in [0.25, 0.3) is 0 Å². The van der Waals surface area contributed by atoms with Gasteiger partial charge in [-0.15, -0.1) is 0 Å². The maximum Gasteiger partial charge on any atom is 0.377 e. The molecule has 0 N–H and O–H groups in total. The smallest absolute Gasteiger partial charge is 0.377 e. The van der Waals surface area contributed by atoms with E-state index >= 15 is 0 Å². The Hall–Kier alpha value is -2.69. The highest BCUT2D eigenvalue weighted by Crippen LogP contribution is 2.35. The molecule has 0 saturated carbocycles. The van der Waals surface area contributed by atoms with Crippen LogP contribution in [0.5, 0.6) is 0 Å². The number of esters is 3. The van der Waals surface area contributed by atoms with Crippen LogP contribution in [0.15, 0.2) is 4.99 Å². The topological polar surface area (TPSA) is 124 Å². The molecular formula is C21H31N3O8. The Morgan fingerprint density at radius 1 is 1.16 bits per heavy atom. The second-order valence-corrected chi connectivity index (χ2v) is 9.15. The highest BCUT2D eigenvalue weighted by atomic mass is 16.8. The predicted molar refractivity (Wildman–Crippen MR) is 110 cm³/mol. The largest absolute Gasteiger partial charge is 0.427 e. The summed E-state index contributed by atoms with van der Waals surface area (Å²) in [4.78, 5) is 61.3. The van der Waals surface area contributed by atoms with E-state index in [1.54, 1.807) is 27.1 Å². The number of cyclic esters (lactones) is 1. The number of aliphatic imine (C=N–C) groups is 1. The SMILES string of the molecule is CC(C)(C)C(=O)OCOC(=O)C1(N2OC[C@H](N=CN3CCCCCC3)C2=O)CCC(=O)O1. The number of hydrogen-bond donors (Lipinski definition) is 0. The van der Waals surface area contributed by atoms with Gasteiger partial charge in [0.15, 0.2) is 6.04 Å². The molecule has 11 nitrogen and oxygen atoms in total. The lowest BCUT2D eigenvalue weighted by Gasteiger charge is -2.32. The summed E-state index contributed by atoms with van der Waals surface area (Å²) in [7, 11) is 0. The van der Waals surface area contributed by atoms with Crippen molar-refractivity contribution in [1.82, 2.24) is 9.96 Å². The van der Waals surface area contributed by atoms with E-state index in [1.807, 2.05) is 0 Å². The van der Waals surface area contributed by atoms with Gasteiger partial charge in [-0.05, 0) is 33.6 Å². The first-order valence-electron chi connectivity index (χ1n) is 10.9. The molecule has 1 unspecified atom stereocenters. The minimum atomic E-state index is -2.06. The average molecular weight is 453 g/mol. The predicted octanol–water partition coefficient (Wildman–Crippen LogP) is 1.16. The third kappa shape index (κ3) is 5.37. The van der Waals surface area contributed by atoms with Gasteiger partial charge in [0.05, 0.1) is 18.2 Å². The van der Waals surface area contributed by atoms with E-state index < -0.39 is 47.8 Å². The van der Waals surface area contributed by atoms with E-state index in [0.717, 1.165) is 31.0 Å². The fraction of sp³-hybridized carbons (Fsp3) is 0.762. The van der Waals surface area contributed by atoms with Crippen molar-refractivity contribution in [2.24, 2.45) is 10.4 Å². The second kappa shape index (κ2) is 9.85. The highest BCUT2D eigenvalue weighted by molar-refractivity contribution is 5.93. The summed E-state index contributed by atoms with van der Waals surface area (Å²) < 4.78 is 15.2. The number of ether oxygens (including phenoxy) is 3. The molecule has 3 heterocycles. The molecule has 0 aromatic carbocycles. The maximum atomic E-state index is 12.9. The standard InChI is InChI=1S/C21H31N3O8/c1-20(2,3)18(27)29-14-30-19(28)21(9-8-16(25)32-21)24-17(26)15(12-31-24)22-13-23-10-6-4-5-7-11-23/h13,15H,4-12,14H2,1-3H3/t15-,21?/m0/s1. The molecule has 0 aromatic heterocycles. The number of rotatable bonds is 6. The third-order valence-electron chi connectivity index (χ3n) is 5.49. The van der Waals surface area contributed by atoms with Crippen molar-refractivity contribution in [3.63, 3.8) is 0 Å². The molecule has 3 rings (SSSR count). The Morgan fingerprint density at radius 3 is 2.44 bits per heavy atom. The summed E-state index contributed by atoms with van der Waals surface area (Å²) in [6.45, 7) is 5.94. The van der Waals surface area contributed by atoms with Crippen LogP contribution in [-0.4, -0.2) is 78.4 Å². The van der Waals surface area contributed by atoms with Crippen molar-refractivity contribution in [3.05, 3.63) is 0 Å². The average Bonchev–Trinajstić information content (AvgIpc) is 3.19. The van der Waals surface area contributed by atoms with E-state index in [2.05, 4.69) is 9.89 Å². The van der Waals surface area contributed by atoms with Crippen LogP contribution in [0, 0.1) is 5.41 Å². The first-order valence-corrected chi connectivity index (χ1v) is 10.9. The highest BCUT2D eigenvalue weighted by Gasteiger charge is 2.60. The summed E-state index contributed by atoms with van der Waals surface area (Å²) in [6, 6.07) is -0.860. The van der Waals surface area contributed by atoms with Gasteiger partial charge in [0.25, 0.3) is 5.91 Å². The zero-order chi connectivity index (χ0) is 23.4. The van der Waals surface area contributed by atoms with E-state index in [-0.39, 0.29) is 19.4 Å². The molecule has 178 valence electrons. The van der Waals surface area contributed by atoms with Gasteiger partial charge >= 0.3 is 23.6 Å². The summed E-state index contributed by atoms with van der Waals surface area (Å²) in [6.07, 6.45) is 5.90. The Bertz CT molecular complexity index is 769. The van der Waals surface area contributed by atoms with Crippen LogP contribution in [-0.2, 0) is 38.2 Å². The van der Waals surface area contributed by atoms with Gasteiger partial charge < -0.3 is 19.1 Å². The number of carbonyl (C=O) groups is 4. The number of carbonyl (C=O) groups excluding carboxylic acids is 4. The Balaban J connectivity index is 1.65. The van der Waals surface area contributed by atoms with E-state index in [0.29, 0.717) is 0 Å². The molecule has 3 aliphatic heterocycles. The third-order valence-corrected chi connectivity index (χ3v) is 5.49. The van der Waals surface area contributed by atoms with Gasteiger partial charge in [0.2, 0.25) is 6.79 Å². The first kappa shape index (κ1) is 24.0. The molecular weight excluding hydrogens is 422 g/mol. The van der Waals surface area contributed by atoms with Gasteiger partial charge in [-0.3, -0.25) is 24.2 Å². The zero-order valence-electron chi connectivity index (χ0n) is 18.8. The van der Waals surface area contributed by atoms with Crippen molar-refractivity contribution in [2.75, 3.05) is 26.5 Å². The number of nitrogens with zero attached hydrogens (tertiary/aromatic N) is 3. The molecule has 32 heavy (non-hydrogen) atoms. The van der Waals surface area contributed by atoms with Crippen LogP contribution < -0.4 is 0 Å². The number of amides is 1. The zero-order valence-corrected chi connectivity index (χ0v) is 18.8. The van der Waals surface area contributed by atoms with Crippen molar-refractivity contribution in [2.45, 2.75) is 71.1 Å². The number of likely N-dealkylation sites (tertiary alicyclic amines) is 1. The van der Waals surface area contributed by atoms with Gasteiger partial charge in [-0.25, -0.2) is 4.79 Å². The lowest BCUT2D eigenvalue weighted by Crippen LogP contribution is -2.56. The molecule has 3 aliphatic rings. The summed E-state index contributed by atoms with van der Waals surface area (Å²) >= 11 is 0. The van der Waals surface area contributed by atoms with Crippen molar-refractivity contribution in [3.8, 4) is 0 Å². The lowest BCUT2D eigenvalue weighted by molar-refractivity contribution is -0.262. The molecule has 0 spiro atoms. The van der Waals surface area contributed by atoms with Crippen molar-refractivity contribution in [1.29, 1.82) is 0 Å². The number of hydrogen-bond acceptors (Lipinski definition) is 9. The van der Waals surface area contributed by atoms with Crippen LogP contribution >= 0.6 is 0 Å². The fourth-order valence-corrected chi connectivity index (χ4v) is 3.59. The molecule has 0 bridgehead atoms. The lowest BCUT2D eigenvalue weighted by atomic mass is 9.98. The quantitative estimate of drug-likeness (QED) is 0.252. The van der Waals surface area contributed by atoms with E-state index in [1.165, 1.54) is 12.8 Å². The van der Waals surface area contributed by atoms with Gasteiger partial charge in [-0.2, -0.15) is 5.06 Å². The summed E-state index contributed by atoms with van der Waals surface area (Å²) in [5.41, 5.74) is -2.84. The van der Waals surface area contributed by atoms with Gasteiger partial charge in [0.1, 0.15) is 6.61 Å². The van der Waals surface area contributed by atoms with Crippen LogP contribution in [0.3, 0.4) is 0 Å². The maximum absolute atomic E-state index is 12.9. The van der Waals surface area contributed by atoms with Crippen molar-refractivity contribution < 1.29 is 38.2 Å². The van der Waals surface area contributed by atoms with Gasteiger partial charge in [-0.1, -0.05) is 12.8 Å². The Kier molecular flexibility index (Phi) is 7.37. The monoisotopic (exact) mass is 453 g/mol. The molecule has 3 saturated heterocycles. The van der Waals surface area contributed by atoms with E-state index in [4.69, 9.17) is 19.0 Å². The molecule has 0 aliphatic carbocycles. The summed E-state index contributed by atoms with van der Waals surface area (Å²) in [5.74, 6) is -2.88. The molecule has 0 aromatic rings. The minimum absolute atomic E-state index is 0.0885. The van der Waals surface area contributed by atoms with Gasteiger partial charge in [0, 0.05) is 19.5 Å².